The molecule has 0 unspecified atom stereocenters. The molecule has 18 heavy (non-hydrogen) atoms. The molecule has 1 heterocycles. The van der Waals surface area contributed by atoms with Crippen LogP contribution in [-0.2, 0) is 10.0 Å². The van der Waals surface area contributed by atoms with E-state index in [4.69, 9.17) is 0 Å². The lowest BCUT2D eigenvalue weighted by Crippen LogP contribution is -2.35. The van der Waals surface area contributed by atoms with Crippen molar-refractivity contribution in [2.24, 2.45) is 0 Å². The zero-order valence-corrected chi connectivity index (χ0v) is 11.4. The lowest BCUT2D eigenvalue weighted by molar-refractivity contribution is 0.309. The maximum Gasteiger partial charge on any atom is 0.261 e. The third kappa shape index (κ3) is 4.01. The van der Waals surface area contributed by atoms with Crippen molar-refractivity contribution >= 4 is 10.0 Å². The van der Waals surface area contributed by atoms with Crippen molar-refractivity contribution in [3.05, 3.63) is 24.1 Å². The number of nitrogens with one attached hydrogen (secondary N) is 1. The van der Waals surface area contributed by atoms with Crippen molar-refractivity contribution in [2.75, 3.05) is 26.2 Å². The second kappa shape index (κ2) is 6.77. The van der Waals surface area contributed by atoms with Crippen molar-refractivity contribution in [3.63, 3.8) is 0 Å². The van der Waals surface area contributed by atoms with Crippen molar-refractivity contribution in [3.8, 4) is 0 Å². The Labute approximate surface area is 107 Å². The van der Waals surface area contributed by atoms with Crippen molar-refractivity contribution in [1.82, 2.24) is 14.6 Å². The van der Waals surface area contributed by atoms with E-state index in [1.54, 1.807) is 0 Å². The highest BCUT2D eigenvalue weighted by Gasteiger charge is 2.19. The first-order valence-electron chi connectivity index (χ1n) is 5.83. The van der Waals surface area contributed by atoms with Crippen LogP contribution >= 0.6 is 0 Å². The molecule has 5 nitrogen and oxygen atoms in total. The van der Waals surface area contributed by atoms with Crippen LogP contribution in [0.3, 0.4) is 0 Å². The standard InChI is InChI=1S/C11H18FN3O2S/c1-3-15(4-2)9-8-14-18(16,17)11-10(12)6-5-7-13-11/h5-7,14H,3-4,8-9H2,1-2H3. The van der Waals surface area contributed by atoms with Crippen LogP contribution in [0.15, 0.2) is 23.4 Å². The Morgan fingerprint density at radius 3 is 2.61 bits per heavy atom. The average Bonchev–Trinajstić information content (AvgIpc) is 2.35. The first-order valence-corrected chi connectivity index (χ1v) is 7.32. The zero-order chi connectivity index (χ0) is 13.6. The van der Waals surface area contributed by atoms with E-state index in [2.05, 4.69) is 14.6 Å². The molecular weight excluding hydrogens is 257 g/mol. The van der Waals surface area contributed by atoms with Gasteiger partial charge in [0.1, 0.15) is 0 Å². The van der Waals surface area contributed by atoms with Crippen molar-refractivity contribution in [2.45, 2.75) is 18.9 Å². The van der Waals surface area contributed by atoms with Crippen LogP contribution in [-0.4, -0.2) is 44.5 Å². The summed E-state index contributed by atoms with van der Waals surface area (Å²) in [6.07, 6.45) is 1.25. The second-order valence-electron chi connectivity index (χ2n) is 3.72. The van der Waals surface area contributed by atoms with E-state index in [1.165, 1.54) is 12.3 Å². The van der Waals surface area contributed by atoms with E-state index >= 15 is 0 Å². The van der Waals surface area contributed by atoms with Gasteiger partial charge in [-0.15, -0.1) is 0 Å². The average molecular weight is 275 g/mol. The van der Waals surface area contributed by atoms with Gasteiger partial charge in [-0.2, -0.15) is 0 Å². The normalized spacial score (nSPS) is 12.0. The van der Waals surface area contributed by atoms with Gasteiger partial charge in [-0.25, -0.2) is 22.5 Å². The zero-order valence-electron chi connectivity index (χ0n) is 10.6. The van der Waals surface area contributed by atoms with Gasteiger partial charge < -0.3 is 4.90 Å². The Morgan fingerprint density at radius 1 is 1.39 bits per heavy atom. The van der Waals surface area contributed by atoms with Crippen molar-refractivity contribution in [1.29, 1.82) is 0 Å². The summed E-state index contributed by atoms with van der Waals surface area (Å²) in [5.41, 5.74) is 0. The Balaban J connectivity index is 2.64. The highest BCUT2D eigenvalue weighted by Crippen LogP contribution is 2.09. The molecule has 1 aromatic rings. The molecule has 102 valence electrons. The number of likely N-dealkylation sites (N-methyl/N-ethyl adjacent to an activating group) is 1. The third-order valence-electron chi connectivity index (χ3n) is 2.59. The van der Waals surface area contributed by atoms with E-state index < -0.39 is 20.9 Å². The predicted octanol–water partition coefficient (Wildman–Crippen LogP) is 0.841. The van der Waals surface area contributed by atoms with Crippen LogP contribution < -0.4 is 4.72 Å². The van der Waals surface area contributed by atoms with Crippen molar-refractivity contribution < 1.29 is 12.8 Å². The molecule has 0 saturated carbocycles. The number of hydrogen-bond donors (Lipinski definition) is 1. The SMILES string of the molecule is CCN(CC)CCNS(=O)(=O)c1ncccc1F. The molecule has 0 aliphatic carbocycles. The lowest BCUT2D eigenvalue weighted by Gasteiger charge is -2.17. The molecule has 0 fully saturated rings. The summed E-state index contributed by atoms with van der Waals surface area (Å²) >= 11 is 0. The summed E-state index contributed by atoms with van der Waals surface area (Å²) in [5.74, 6) is -0.840. The highest BCUT2D eigenvalue weighted by molar-refractivity contribution is 7.89. The molecule has 1 N–H and O–H groups in total. The predicted molar refractivity (Wildman–Crippen MR) is 67.2 cm³/mol. The molecule has 0 spiro atoms. The van der Waals surface area contributed by atoms with E-state index in [1.807, 2.05) is 13.8 Å². The maximum absolute atomic E-state index is 13.3. The molecule has 0 atom stereocenters. The second-order valence-corrected chi connectivity index (χ2v) is 5.40. The van der Waals surface area contributed by atoms with Crippen LogP contribution in [0.25, 0.3) is 0 Å². The van der Waals surface area contributed by atoms with Gasteiger partial charge in [0.05, 0.1) is 0 Å². The molecule has 1 rings (SSSR count). The molecule has 0 aromatic carbocycles. The van der Waals surface area contributed by atoms with Gasteiger partial charge in [-0.3, -0.25) is 0 Å². The Hall–Kier alpha value is -1.05. The summed E-state index contributed by atoms with van der Waals surface area (Å²) in [6, 6.07) is 2.43. The van der Waals surface area contributed by atoms with Gasteiger partial charge in [-0.05, 0) is 25.2 Å². The molecule has 0 aliphatic heterocycles. The van der Waals surface area contributed by atoms with Gasteiger partial charge >= 0.3 is 0 Å². The smallest absolute Gasteiger partial charge is 0.261 e. The molecule has 0 aliphatic rings. The molecule has 0 bridgehead atoms. The number of pyridine rings is 1. The Bertz CT molecular complexity index is 475. The van der Waals surface area contributed by atoms with Gasteiger partial charge in [-0.1, -0.05) is 13.8 Å². The highest BCUT2D eigenvalue weighted by atomic mass is 32.2. The minimum absolute atomic E-state index is 0.236. The Kier molecular flexibility index (Phi) is 5.64. The summed E-state index contributed by atoms with van der Waals surface area (Å²) in [7, 11) is -3.87. The number of halogens is 1. The largest absolute Gasteiger partial charge is 0.303 e. The topological polar surface area (TPSA) is 62.3 Å². The minimum atomic E-state index is -3.87. The molecule has 0 saturated heterocycles. The van der Waals surface area contributed by atoms with E-state index in [0.717, 1.165) is 19.2 Å². The molecule has 1 aromatic heterocycles. The minimum Gasteiger partial charge on any atom is -0.303 e. The van der Waals surface area contributed by atoms with Crippen LogP contribution in [0.5, 0.6) is 0 Å². The monoisotopic (exact) mass is 275 g/mol. The fourth-order valence-electron chi connectivity index (χ4n) is 1.52. The van der Waals surface area contributed by atoms with E-state index in [0.29, 0.717) is 6.54 Å². The molecule has 0 amide bonds. The molecule has 0 radical (unpaired) electrons. The van der Waals surface area contributed by atoms with Gasteiger partial charge in [0, 0.05) is 19.3 Å². The molecular formula is C11H18FN3O2S. The maximum atomic E-state index is 13.3. The summed E-state index contributed by atoms with van der Waals surface area (Å²) in [5, 5.41) is -0.551. The first-order chi connectivity index (χ1) is 8.51. The summed E-state index contributed by atoms with van der Waals surface area (Å²) < 4.78 is 39.2. The van der Waals surface area contributed by atoms with Gasteiger partial charge in [0.2, 0.25) is 5.03 Å². The number of rotatable bonds is 7. The number of nitrogens with zero attached hydrogens (tertiary/aromatic N) is 2. The number of aromatic nitrogens is 1. The number of hydrogen-bond acceptors (Lipinski definition) is 4. The summed E-state index contributed by atoms with van der Waals surface area (Å²) in [6.45, 7) is 6.50. The molecule has 7 heteroatoms. The quantitative estimate of drug-likeness (QED) is 0.801. The Morgan fingerprint density at radius 2 is 2.06 bits per heavy atom. The van der Waals surface area contributed by atoms with Crippen LogP contribution in [0, 0.1) is 5.82 Å². The third-order valence-corrected chi connectivity index (χ3v) is 3.99. The fraction of sp³-hybridized carbons (Fsp3) is 0.545. The van der Waals surface area contributed by atoms with Crippen LogP contribution in [0.2, 0.25) is 0 Å². The van der Waals surface area contributed by atoms with Gasteiger partial charge in [0.15, 0.2) is 5.82 Å². The first kappa shape index (κ1) is 15.0. The van der Waals surface area contributed by atoms with E-state index in [-0.39, 0.29) is 6.54 Å². The lowest BCUT2D eigenvalue weighted by atomic mass is 10.5. The summed E-state index contributed by atoms with van der Waals surface area (Å²) in [4.78, 5) is 5.62. The number of sulfonamides is 1. The van der Waals surface area contributed by atoms with E-state index in [9.17, 15) is 12.8 Å². The fourth-order valence-corrected chi connectivity index (χ4v) is 2.54. The van der Waals surface area contributed by atoms with Gasteiger partial charge in [0.25, 0.3) is 10.0 Å². The van der Waals surface area contributed by atoms with Crippen LogP contribution in [0.1, 0.15) is 13.8 Å². The van der Waals surface area contributed by atoms with Crippen LogP contribution in [0.4, 0.5) is 4.39 Å².